The molecule has 1 N–H and O–H groups in total. The number of amides is 2. The molecule has 2 aromatic rings. The molecule has 0 spiro atoms. The van der Waals surface area contributed by atoms with Crippen LogP contribution in [0.3, 0.4) is 0 Å². The first kappa shape index (κ1) is 19.9. The average molecular weight is 380 g/mol. The van der Waals surface area contributed by atoms with Crippen LogP contribution in [0.4, 0.5) is 5.69 Å². The number of carbonyl (C=O) groups excluding carboxylic acids is 2. The van der Waals surface area contributed by atoms with E-state index in [1.165, 1.54) is 5.56 Å². The number of nitrogens with one attached hydrogen (secondary N) is 1. The van der Waals surface area contributed by atoms with Crippen molar-refractivity contribution in [3.05, 3.63) is 59.7 Å². The molecule has 5 heteroatoms. The van der Waals surface area contributed by atoms with Crippen molar-refractivity contribution in [2.45, 2.75) is 33.1 Å². The van der Waals surface area contributed by atoms with E-state index < -0.39 is 0 Å². The van der Waals surface area contributed by atoms with Gasteiger partial charge >= 0.3 is 0 Å². The van der Waals surface area contributed by atoms with E-state index in [9.17, 15) is 9.59 Å². The second kappa shape index (κ2) is 9.40. The van der Waals surface area contributed by atoms with Crippen molar-refractivity contribution in [2.24, 2.45) is 5.92 Å². The first-order chi connectivity index (χ1) is 13.5. The van der Waals surface area contributed by atoms with Crippen LogP contribution < -0.4 is 10.1 Å². The van der Waals surface area contributed by atoms with Crippen molar-refractivity contribution in [3.8, 4) is 5.75 Å². The van der Waals surface area contributed by atoms with Crippen molar-refractivity contribution in [3.63, 3.8) is 0 Å². The van der Waals surface area contributed by atoms with Crippen LogP contribution in [0.2, 0.25) is 0 Å². The van der Waals surface area contributed by atoms with Crippen LogP contribution in [0.1, 0.15) is 30.4 Å². The van der Waals surface area contributed by atoms with Gasteiger partial charge in [0.1, 0.15) is 5.75 Å². The van der Waals surface area contributed by atoms with Crippen molar-refractivity contribution in [2.75, 3.05) is 25.0 Å². The Bertz CT molecular complexity index is 820. The van der Waals surface area contributed by atoms with Crippen molar-refractivity contribution in [1.29, 1.82) is 0 Å². The molecule has 5 nitrogen and oxygen atoms in total. The quantitative estimate of drug-likeness (QED) is 0.825. The normalized spacial score (nSPS) is 16.5. The number of hydrogen-bond acceptors (Lipinski definition) is 3. The van der Waals surface area contributed by atoms with E-state index in [-0.39, 0.29) is 17.7 Å². The number of rotatable bonds is 6. The molecule has 1 aliphatic rings. The molecule has 1 saturated heterocycles. The monoisotopic (exact) mass is 380 g/mol. The lowest BCUT2D eigenvalue weighted by atomic mass is 9.96. The first-order valence-corrected chi connectivity index (χ1v) is 9.86. The number of para-hydroxylation sites is 1. The Kier molecular flexibility index (Phi) is 6.69. The highest BCUT2D eigenvalue weighted by atomic mass is 16.5. The molecule has 3 rings (SSSR count). The summed E-state index contributed by atoms with van der Waals surface area (Å²) in [6.07, 6.45) is 1.97. The Morgan fingerprint density at radius 2 is 1.89 bits per heavy atom. The number of piperidine rings is 1. The number of benzene rings is 2. The van der Waals surface area contributed by atoms with Crippen molar-refractivity contribution in [1.82, 2.24) is 4.90 Å². The number of likely N-dealkylation sites (tertiary alicyclic amines) is 1. The third-order valence-corrected chi connectivity index (χ3v) is 5.25. The highest BCUT2D eigenvalue weighted by molar-refractivity contribution is 5.93. The topological polar surface area (TPSA) is 58.6 Å². The van der Waals surface area contributed by atoms with Gasteiger partial charge in [0.25, 0.3) is 0 Å². The molecule has 1 unspecified atom stereocenters. The number of carbonyl (C=O) groups is 2. The minimum absolute atomic E-state index is 0.0127. The number of hydrogen-bond donors (Lipinski definition) is 1. The summed E-state index contributed by atoms with van der Waals surface area (Å²) >= 11 is 0. The number of nitrogens with zero attached hydrogens (tertiary/aromatic N) is 1. The molecule has 28 heavy (non-hydrogen) atoms. The lowest BCUT2D eigenvalue weighted by molar-refractivity contribution is -0.135. The molecular formula is C23H28N2O3. The summed E-state index contributed by atoms with van der Waals surface area (Å²) in [5, 5.41) is 3.00. The fraction of sp³-hybridized carbons (Fsp3) is 0.391. The molecule has 2 aromatic carbocycles. The maximum absolute atomic E-state index is 12.7. The zero-order chi connectivity index (χ0) is 19.9. The van der Waals surface area contributed by atoms with E-state index >= 15 is 0 Å². The van der Waals surface area contributed by atoms with Gasteiger partial charge in [0.15, 0.2) is 0 Å². The summed E-state index contributed by atoms with van der Waals surface area (Å²) in [5.41, 5.74) is 3.16. The average Bonchev–Trinajstić information content (AvgIpc) is 2.71. The standard InChI is InChI=1S/C23H28N2O3/c1-17-10-11-20(15-18(17)2)24-23(27)19-7-6-13-25(16-19)22(26)12-14-28-21-8-4-3-5-9-21/h3-5,8-11,15,19H,6-7,12-14,16H2,1-2H3,(H,24,27). The minimum atomic E-state index is -0.172. The number of aryl methyl sites for hydroxylation is 2. The zero-order valence-electron chi connectivity index (χ0n) is 16.6. The van der Waals surface area contributed by atoms with Gasteiger partial charge in [-0.25, -0.2) is 0 Å². The Balaban J connectivity index is 1.49. The molecule has 0 bridgehead atoms. The summed E-state index contributed by atoms with van der Waals surface area (Å²) in [4.78, 5) is 27.0. The minimum Gasteiger partial charge on any atom is -0.493 e. The lowest BCUT2D eigenvalue weighted by Crippen LogP contribution is -2.44. The van der Waals surface area contributed by atoms with Crippen molar-refractivity contribution >= 4 is 17.5 Å². The first-order valence-electron chi connectivity index (χ1n) is 9.86. The molecule has 2 amide bonds. The molecule has 0 saturated carbocycles. The molecule has 1 heterocycles. The second-order valence-electron chi connectivity index (χ2n) is 7.38. The van der Waals surface area contributed by atoms with Gasteiger partial charge in [0.05, 0.1) is 18.9 Å². The predicted octanol–water partition coefficient (Wildman–Crippen LogP) is 3.95. The van der Waals surface area contributed by atoms with Crippen LogP contribution in [-0.4, -0.2) is 36.4 Å². The number of anilines is 1. The Labute approximate surface area is 166 Å². The summed E-state index contributed by atoms with van der Waals surface area (Å²) in [7, 11) is 0. The highest BCUT2D eigenvalue weighted by Crippen LogP contribution is 2.21. The van der Waals surface area contributed by atoms with E-state index in [1.807, 2.05) is 62.4 Å². The highest BCUT2D eigenvalue weighted by Gasteiger charge is 2.28. The van der Waals surface area contributed by atoms with E-state index in [2.05, 4.69) is 5.32 Å². The van der Waals surface area contributed by atoms with Gasteiger partial charge in [-0.3, -0.25) is 9.59 Å². The van der Waals surface area contributed by atoms with Gasteiger partial charge in [-0.2, -0.15) is 0 Å². The van der Waals surface area contributed by atoms with Crippen LogP contribution in [0.5, 0.6) is 5.75 Å². The predicted molar refractivity (Wildman–Crippen MR) is 110 cm³/mol. The van der Waals surface area contributed by atoms with Gasteiger partial charge in [0.2, 0.25) is 11.8 Å². The third-order valence-electron chi connectivity index (χ3n) is 5.25. The molecule has 1 atom stereocenters. The molecule has 0 aliphatic carbocycles. The fourth-order valence-corrected chi connectivity index (χ4v) is 3.41. The summed E-state index contributed by atoms with van der Waals surface area (Å²) < 4.78 is 5.61. The summed E-state index contributed by atoms with van der Waals surface area (Å²) in [6, 6.07) is 15.4. The van der Waals surface area contributed by atoms with Crippen LogP contribution in [0, 0.1) is 19.8 Å². The van der Waals surface area contributed by atoms with E-state index in [0.29, 0.717) is 26.1 Å². The smallest absolute Gasteiger partial charge is 0.229 e. The molecule has 148 valence electrons. The van der Waals surface area contributed by atoms with Crippen LogP contribution >= 0.6 is 0 Å². The Morgan fingerprint density at radius 3 is 2.64 bits per heavy atom. The van der Waals surface area contributed by atoms with Gasteiger partial charge in [-0.05, 0) is 62.1 Å². The van der Waals surface area contributed by atoms with Gasteiger partial charge in [-0.15, -0.1) is 0 Å². The van der Waals surface area contributed by atoms with Gasteiger partial charge in [-0.1, -0.05) is 24.3 Å². The summed E-state index contributed by atoms with van der Waals surface area (Å²) in [5.74, 6) is 0.620. The van der Waals surface area contributed by atoms with Crippen LogP contribution in [0.25, 0.3) is 0 Å². The van der Waals surface area contributed by atoms with Gasteiger partial charge < -0.3 is 15.0 Å². The van der Waals surface area contributed by atoms with E-state index in [0.717, 1.165) is 29.8 Å². The zero-order valence-corrected chi connectivity index (χ0v) is 16.6. The van der Waals surface area contributed by atoms with Crippen molar-refractivity contribution < 1.29 is 14.3 Å². The SMILES string of the molecule is Cc1ccc(NC(=O)C2CCCN(C(=O)CCOc3ccccc3)C2)cc1C. The van der Waals surface area contributed by atoms with E-state index in [4.69, 9.17) is 4.74 Å². The Morgan fingerprint density at radius 1 is 1.11 bits per heavy atom. The second-order valence-corrected chi connectivity index (χ2v) is 7.38. The van der Waals surface area contributed by atoms with E-state index in [1.54, 1.807) is 4.90 Å². The molecular weight excluding hydrogens is 352 g/mol. The molecule has 1 fully saturated rings. The lowest BCUT2D eigenvalue weighted by Gasteiger charge is -2.32. The fourth-order valence-electron chi connectivity index (χ4n) is 3.41. The van der Waals surface area contributed by atoms with Gasteiger partial charge in [0, 0.05) is 18.8 Å². The maximum Gasteiger partial charge on any atom is 0.229 e. The van der Waals surface area contributed by atoms with Crippen LogP contribution in [0.15, 0.2) is 48.5 Å². The third kappa shape index (κ3) is 5.35. The Hall–Kier alpha value is -2.82. The maximum atomic E-state index is 12.7. The summed E-state index contributed by atoms with van der Waals surface area (Å²) in [6.45, 7) is 5.61. The number of ether oxygens (including phenoxy) is 1. The molecule has 0 radical (unpaired) electrons. The van der Waals surface area contributed by atoms with Crippen LogP contribution in [-0.2, 0) is 9.59 Å². The molecule has 0 aromatic heterocycles. The largest absolute Gasteiger partial charge is 0.493 e. The molecule has 1 aliphatic heterocycles.